The molecule has 0 saturated heterocycles. The second-order valence-corrected chi connectivity index (χ2v) is 5.47. The number of H-pyrrole nitrogens is 1. The van der Waals surface area contributed by atoms with E-state index in [0.29, 0.717) is 0 Å². The molecule has 0 aliphatic carbocycles. The van der Waals surface area contributed by atoms with Crippen molar-refractivity contribution in [3.63, 3.8) is 0 Å². The van der Waals surface area contributed by atoms with E-state index in [-0.39, 0.29) is 6.04 Å². The van der Waals surface area contributed by atoms with Crippen molar-refractivity contribution in [3.8, 4) is 0 Å². The monoisotopic (exact) mass is 285 g/mol. The fraction of sp³-hybridized carbons (Fsp3) is 0.188. The first kappa shape index (κ1) is 13.2. The Balaban J connectivity index is 2.21. The van der Waals surface area contributed by atoms with Crippen LogP contribution in [-0.4, -0.2) is 29.0 Å². The highest BCUT2D eigenvalue weighted by molar-refractivity contribution is 6.35. The van der Waals surface area contributed by atoms with E-state index in [0.717, 1.165) is 21.5 Å². The lowest BCUT2D eigenvalue weighted by molar-refractivity contribution is 0.343. The highest BCUT2D eigenvalue weighted by Crippen LogP contribution is 2.35. The summed E-state index contributed by atoms with van der Waals surface area (Å²) >= 11 is 6.39. The molecule has 1 atom stereocenters. The van der Waals surface area contributed by atoms with E-state index < -0.39 is 0 Å². The van der Waals surface area contributed by atoms with E-state index in [2.05, 4.69) is 35.0 Å². The van der Waals surface area contributed by atoms with Gasteiger partial charge in [0.15, 0.2) is 0 Å². The molecule has 1 unspecified atom stereocenters. The van der Waals surface area contributed by atoms with Crippen LogP contribution >= 0.6 is 11.6 Å². The van der Waals surface area contributed by atoms with Crippen molar-refractivity contribution in [1.29, 1.82) is 0 Å². The maximum Gasteiger partial charge on any atom is 0.0633 e. The van der Waals surface area contributed by atoms with Gasteiger partial charge in [0.05, 0.1) is 11.1 Å². The van der Waals surface area contributed by atoms with Crippen LogP contribution in [0.25, 0.3) is 10.9 Å². The molecule has 3 aromatic rings. The van der Waals surface area contributed by atoms with Gasteiger partial charge in [-0.3, -0.25) is 9.88 Å². The molecule has 4 heteroatoms. The first-order valence-electron chi connectivity index (χ1n) is 6.50. The second kappa shape index (κ2) is 5.27. The molecule has 0 aliphatic heterocycles. The normalized spacial score (nSPS) is 13.0. The Hall–Kier alpha value is -1.84. The van der Waals surface area contributed by atoms with Crippen LogP contribution in [0.5, 0.6) is 0 Å². The number of hydrogen-bond acceptors (Lipinski definition) is 2. The van der Waals surface area contributed by atoms with Crippen LogP contribution in [0, 0.1) is 0 Å². The molecule has 2 aromatic heterocycles. The molecule has 102 valence electrons. The predicted molar refractivity (Wildman–Crippen MR) is 83.1 cm³/mol. The standard InChI is InChI=1S/C16H16ClN3/c1-20(2)16(11-5-4-8-18-9-11)12-10-19-14-7-3-6-13(17)15(12)14/h3-10,16,19H,1-2H3. The van der Waals surface area contributed by atoms with Gasteiger partial charge < -0.3 is 4.98 Å². The lowest BCUT2D eigenvalue weighted by Gasteiger charge is -2.24. The van der Waals surface area contributed by atoms with Crippen molar-refractivity contribution < 1.29 is 0 Å². The quantitative estimate of drug-likeness (QED) is 0.792. The molecular formula is C16H16ClN3. The number of halogens is 1. The fourth-order valence-electron chi connectivity index (χ4n) is 2.67. The minimum absolute atomic E-state index is 0.123. The van der Waals surface area contributed by atoms with Gasteiger partial charge in [0.1, 0.15) is 0 Å². The van der Waals surface area contributed by atoms with Gasteiger partial charge >= 0.3 is 0 Å². The largest absolute Gasteiger partial charge is 0.361 e. The summed E-state index contributed by atoms with van der Waals surface area (Å²) in [7, 11) is 4.13. The van der Waals surface area contributed by atoms with Crippen LogP contribution in [-0.2, 0) is 0 Å². The number of fused-ring (bicyclic) bond motifs is 1. The first-order chi connectivity index (χ1) is 9.68. The zero-order valence-corrected chi connectivity index (χ0v) is 12.2. The Morgan fingerprint density at radius 3 is 2.75 bits per heavy atom. The van der Waals surface area contributed by atoms with Gasteiger partial charge in [-0.2, -0.15) is 0 Å². The van der Waals surface area contributed by atoms with Gasteiger partial charge in [-0.1, -0.05) is 23.7 Å². The average molecular weight is 286 g/mol. The van der Waals surface area contributed by atoms with E-state index in [9.17, 15) is 0 Å². The third-order valence-corrected chi connectivity index (χ3v) is 3.81. The third-order valence-electron chi connectivity index (χ3n) is 3.50. The second-order valence-electron chi connectivity index (χ2n) is 5.06. The van der Waals surface area contributed by atoms with Crippen molar-refractivity contribution in [2.45, 2.75) is 6.04 Å². The minimum atomic E-state index is 0.123. The Morgan fingerprint density at radius 1 is 1.20 bits per heavy atom. The maximum absolute atomic E-state index is 6.39. The van der Waals surface area contributed by atoms with E-state index in [1.165, 1.54) is 5.56 Å². The SMILES string of the molecule is CN(C)C(c1cccnc1)c1c[nH]c2cccc(Cl)c12. The summed E-state index contributed by atoms with van der Waals surface area (Å²) in [6.45, 7) is 0. The molecule has 3 rings (SSSR count). The Kier molecular flexibility index (Phi) is 3.47. The number of pyridine rings is 1. The molecule has 20 heavy (non-hydrogen) atoms. The molecule has 0 bridgehead atoms. The summed E-state index contributed by atoms with van der Waals surface area (Å²) in [5.41, 5.74) is 3.38. The molecule has 0 amide bonds. The zero-order chi connectivity index (χ0) is 14.1. The molecule has 2 heterocycles. The molecule has 3 nitrogen and oxygen atoms in total. The number of hydrogen-bond donors (Lipinski definition) is 1. The first-order valence-corrected chi connectivity index (χ1v) is 6.88. The smallest absolute Gasteiger partial charge is 0.0633 e. The Bertz CT molecular complexity index is 719. The van der Waals surface area contributed by atoms with E-state index in [1.807, 2.05) is 36.7 Å². The molecule has 1 N–H and O–H groups in total. The molecule has 0 fully saturated rings. The number of nitrogens with zero attached hydrogens (tertiary/aromatic N) is 2. The summed E-state index contributed by atoms with van der Waals surface area (Å²) in [5, 5.41) is 1.85. The van der Waals surface area contributed by atoms with Crippen molar-refractivity contribution in [2.24, 2.45) is 0 Å². The van der Waals surface area contributed by atoms with Gasteiger partial charge in [0.2, 0.25) is 0 Å². The Morgan fingerprint density at radius 2 is 2.05 bits per heavy atom. The van der Waals surface area contributed by atoms with Gasteiger partial charge in [0, 0.05) is 35.1 Å². The van der Waals surface area contributed by atoms with Crippen LogP contribution in [0.4, 0.5) is 0 Å². The van der Waals surface area contributed by atoms with Crippen molar-refractivity contribution in [3.05, 3.63) is 65.1 Å². The number of benzene rings is 1. The summed E-state index contributed by atoms with van der Waals surface area (Å²) < 4.78 is 0. The van der Waals surface area contributed by atoms with Gasteiger partial charge in [-0.05, 0) is 37.9 Å². The summed E-state index contributed by atoms with van der Waals surface area (Å²) in [6, 6.07) is 10.1. The van der Waals surface area contributed by atoms with Gasteiger partial charge in [-0.15, -0.1) is 0 Å². The molecule has 1 aromatic carbocycles. The molecule has 0 saturated carbocycles. The topological polar surface area (TPSA) is 31.9 Å². The fourth-order valence-corrected chi connectivity index (χ4v) is 2.96. The number of aromatic nitrogens is 2. The number of rotatable bonds is 3. The summed E-state index contributed by atoms with van der Waals surface area (Å²) in [5.74, 6) is 0. The van der Waals surface area contributed by atoms with Gasteiger partial charge in [0.25, 0.3) is 0 Å². The summed E-state index contributed by atoms with van der Waals surface area (Å²) in [4.78, 5) is 9.70. The third kappa shape index (κ3) is 2.19. The Labute approximate surface area is 123 Å². The van der Waals surface area contributed by atoms with Gasteiger partial charge in [-0.25, -0.2) is 0 Å². The minimum Gasteiger partial charge on any atom is -0.361 e. The van der Waals surface area contributed by atoms with E-state index in [1.54, 1.807) is 6.20 Å². The van der Waals surface area contributed by atoms with Crippen molar-refractivity contribution in [1.82, 2.24) is 14.9 Å². The molecule has 0 aliphatic rings. The zero-order valence-electron chi connectivity index (χ0n) is 11.5. The lowest BCUT2D eigenvalue weighted by atomic mass is 9.98. The van der Waals surface area contributed by atoms with Crippen LogP contribution in [0.1, 0.15) is 17.2 Å². The maximum atomic E-state index is 6.39. The van der Waals surface area contributed by atoms with E-state index in [4.69, 9.17) is 11.6 Å². The van der Waals surface area contributed by atoms with Crippen molar-refractivity contribution >= 4 is 22.5 Å². The average Bonchev–Trinajstić information content (AvgIpc) is 2.85. The van der Waals surface area contributed by atoms with Crippen LogP contribution in [0.2, 0.25) is 5.02 Å². The highest BCUT2D eigenvalue weighted by Gasteiger charge is 2.21. The van der Waals surface area contributed by atoms with Crippen molar-refractivity contribution in [2.75, 3.05) is 14.1 Å². The lowest BCUT2D eigenvalue weighted by Crippen LogP contribution is -2.21. The number of aromatic amines is 1. The predicted octanol–water partition coefficient (Wildman–Crippen LogP) is 3.87. The highest BCUT2D eigenvalue weighted by atomic mass is 35.5. The van der Waals surface area contributed by atoms with E-state index >= 15 is 0 Å². The van der Waals surface area contributed by atoms with Crippen LogP contribution < -0.4 is 0 Å². The number of nitrogens with one attached hydrogen (secondary N) is 1. The molecule has 0 spiro atoms. The summed E-state index contributed by atoms with van der Waals surface area (Å²) in [6.07, 6.45) is 5.73. The van der Waals surface area contributed by atoms with Crippen LogP contribution in [0.3, 0.4) is 0 Å². The molecular weight excluding hydrogens is 270 g/mol. The molecule has 0 radical (unpaired) electrons. The van der Waals surface area contributed by atoms with Crippen LogP contribution in [0.15, 0.2) is 48.9 Å².